The van der Waals surface area contributed by atoms with E-state index in [-0.39, 0.29) is 11.0 Å². The molecule has 0 aromatic heterocycles. The number of hydrogen-bond acceptors (Lipinski definition) is 3. The van der Waals surface area contributed by atoms with E-state index in [1.807, 2.05) is 36.4 Å². The van der Waals surface area contributed by atoms with Gasteiger partial charge in [0.25, 0.3) is 5.24 Å². The van der Waals surface area contributed by atoms with Crippen LogP contribution < -0.4 is 0 Å². The molecule has 2 aromatic carbocycles. The fourth-order valence-electron chi connectivity index (χ4n) is 1.70. The van der Waals surface area contributed by atoms with Crippen LogP contribution >= 0.6 is 11.8 Å². The molecule has 98 valence electrons. The Labute approximate surface area is 116 Å². The summed E-state index contributed by atoms with van der Waals surface area (Å²) in [5.74, 6) is 0.0585. The van der Waals surface area contributed by atoms with Gasteiger partial charge in [-0.05, 0) is 47.7 Å². The van der Waals surface area contributed by atoms with Crippen LogP contribution in [0.5, 0.6) is 0 Å². The lowest BCUT2D eigenvalue weighted by molar-refractivity contribution is 0.101. The molecule has 1 amide bonds. The molecule has 0 fully saturated rings. The molecule has 3 nitrogen and oxygen atoms in total. The molecule has 0 atom stereocenters. The number of hydrogen-bond donors (Lipinski definition) is 0. The summed E-state index contributed by atoms with van der Waals surface area (Å²) in [6.45, 7) is 1.56. The van der Waals surface area contributed by atoms with Gasteiger partial charge in [0.15, 0.2) is 5.78 Å². The highest BCUT2D eigenvalue weighted by Gasteiger charge is 2.07. The van der Waals surface area contributed by atoms with Gasteiger partial charge in [0.1, 0.15) is 0 Å². The van der Waals surface area contributed by atoms with Gasteiger partial charge in [0.2, 0.25) is 0 Å². The second-order valence-corrected chi connectivity index (χ2v) is 5.57. The van der Waals surface area contributed by atoms with Gasteiger partial charge in [-0.1, -0.05) is 18.2 Å². The van der Waals surface area contributed by atoms with E-state index in [1.165, 1.54) is 11.8 Å². The molecule has 0 aliphatic carbocycles. The monoisotopic (exact) mass is 273 g/mol. The highest BCUT2D eigenvalue weighted by atomic mass is 32.2. The van der Waals surface area contributed by atoms with Crippen LogP contribution in [0, 0.1) is 0 Å². The van der Waals surface area contributed by atoms with Crippen molar-refractivity contribution >= 4 is 33.6 Å². The molecule has 0 aliphatic rings. The first-order chi connectivity index (χ1) is 8.97. The van der Waals surface area contributed by atoms with Gasteiger partial charge in [0.05, 0.1) is 0 Å². The summed E-state index contributed by atoms with van der Waals surface area (Å²) in [7, 11) is 3.46. The molecule has 0 bridgehead atoms. The maximum Gasteiger partial charge on any atom is 0.285 e. The number of thioether (sulfide) groups is 1. The van der Waals surface area contributed by atoms with Gasteiger partial charge >= 0.3 is 0 Å². The highest BCUT2D eigenvalue weighted by molar-refractivity contribution is 8.13. The van der Waals surface area contributed by atoms with Crippen molar-refractivity contribution in [2.45, 2.75) is 11.8 Å². The summed E-state index contributed by atoms with van der Waals surface area (Å²) in [6, 6.07) is 11.4. The minimum absolute atomic E-state index is 0.000272. The first kappa shape index (κ1) is 13.6. The smallest absolute Gasteiger partial charge is 0.285 e. The van der Waals surface area contributed by atoms with Crippen molar-refractivity contribution in [3.63, 3.8) is 0 Å². The summed E-state index contributed by atoms with van der Waals surface area (Å²) in [5.41, 5.74) is 0.706. The van der Waals surface area contributed by atoms with Crippen molar-refractivity contribution in [2.75, 3.05) is 14.1 Å². The normalized spacial score (nSPS) is 10.5. The zero-order valence-corrected chi connectivity index (χ0v) is 12.0. The maximum atomic E-state index is 11.6. The van der Waals surface area contributed by atoms with Crippen molar-refractivity contribution < 1.29 is 9.59 Å². The molecule has 0 spiro atoms. The first-order valence-corrected chi connectivity index (χ1v) is 6.73. The Morgan fingerprint density at radius 1 is 1.00 bits per heavy atom. The van der Waals surface area contributed by atoms with Gasteiger partial charge in [-0.3, -0.25) is 9.59 Å². The Balaban J connectivity index is 2.34. The summed E-state index contributed by atoms with van der Waals surface area (Å²) in [5, 5.41) is 2.04. The van der Waals surface area contributed by atoms with Gasteiger partial charge in [0, 0.05) is 24.6 Å². The minimum Gasteiger partial charge on any atom is -0.339 e. The molecule has 2 rings (SSSR count). The summed E-state index contributed by atoms with van der Waals surface area (Å²) < 4.78 is 0. The predicted octanol–water partition coefficient (Wildman–Crippen LogP) is 3.82. The van der Waals surface area contributed by atoms with Crippen LogP contribution in [0.1, 0.15) is 17.3 Å². The summed E-state index contributed by atoms with van der Waals surface area (Å²) in [4.78, 5) is 25.4. The third kappa shape index (κ3) is 3.15. The van der Waals surface area contributed by atoms with E-state index in [0.29, 0.717) is 5.56 Å². The van der Waals surface area contributed by atoms with Crippen LogP contribution in [0.3, 0.4) is 0 Å². The fourth-order valence-corrected chi connectivity index (χ4v) is 2.40. The van der Waals surface area contributed by atoms with Crippen molar-refractivity contribution in [1.82, 2.24) is 4.90 Å². The molecular formula is C15H15NO2S. The Morgan fingerprint density at radius 2 is 1.63 bits per heavy atom. The van der Waals surface area contributed by atoms with Crippen LogP contribution in [0.25, 0.3) is 10.8 Å². The lowest BCUT2D eigenvalue weighted by atomic mass is 10.1. The van der Waals surface area contributed by atoms with E-state index in [9.17, 15) is 9.59 Å². The molecular weight excluding hydrogens is 258 g/mol. The van der Waals surface area contributed by atoms with Crippen molar-refractivity contribution in [3.8, 4) is 0 Å². The lowest BCUT2D eigenvalue weighted by Crippen LogP contribution is -2.15. The van der Waals surface area contributed by atoms with E-state index < -0.39 is 0 Å². The second-order valence-electron chi connectivity index (χ2n) is 4.54. The van der Waals surface area contributed by atoms with Crippen LogP contribution in [0.15, 0.2) is 41.3 Å². The highest BCUT2D eigenvalue weighted by Crippen LogP contribution is 2.26. The summed E-state index contributed by atoms with van der Waals surface area (Å²) >= 11 is 1.20. The SMILES string of the molecule is CC(=O)c1ccc2cc(SC(=O)N(C)C)ccc2c1. The van der Waals surface area contributed by atoms with E-state index >= 15 is 0 Å². The molecule has 0 radical (unpaired) electrons. The minimum atomic E-state index is -0.000272. The molecule has 0 aliphatic heterocycles. The van der Waals surface area contributed by atoms with Crippen LogP contribution in [0.4, 0.5) is 4.79 Å². The third-order valence-corrected chi connectivity index (χ3v) is 3.82. The number of Topliss-reactive ketones (excluding diaryl/α,β-unsaturated/α-hetero) is 1. The Kier molecular flexibility index (Phi) is 3.90. The fraction of sp³-hybridized carbons (Fsp3) is 0.200. The maximum absolute atomic E-state index is 11.6. The molecule has 0 saturated heterocycles. The molecule has 0 unspecified atom stereocenters. The Morgan fingerprint density at radius 3 is 2.26 bits per heavy atom. The predicted molar refractivity (Wildman–Crippen MR) is 78.9 cm³/mol. The molecule has 19 heavy (non-hydrogen) atoms. The van der Waals surface area contributed by atoms with Crippen LogP contribution in [0.2, 0.25) is 0 Å². The van der Waals surface area contributed by atoms with E-state index in [0.717, 1.165) is 15.7 Å². The van der Waals surface area contributed by atoms with Gasteiger partial charge in [-0.15, -0.1) is 0 Å². The largest absolute Gasteiger partial charge is 0.339 e. The number of amides is 1. The van der Waals surface area contributed by atoms with Crippen molar-refractivity contribution in [2.24, 2.45) is 0 Å². The second kappa shape index (κ2) is 5.45. The first-order valence-electron chi connectivity index (χ1n) is 5.91. The quantitative estimate of drug-likeness (QED) is 0.616. The summed E-state index contributed by atoms with van der Waals surface area (Å²) in [6.07, 6.45) is 0. The third-order valence-electron chi connectivity index (χ3n) is 2.79. The van der Waals surface area contributed by atoms with Gasteiger partial charge < -0.3 is 4.90 Å². The number of carbonyl (C=O) groups excluding carboxylic acids is 2. The van der Waals surface area contributed by atoms with E-state index in [1.54, 1.807) is 25.9 Å². The zero-order valence-electron chi connectivity index (χ0n) is 11.1. The average Bonchev–Trinajstić information content (AvgIpc) is 2.37. The number of benzene rings is 2. The van der Waals surface area contributed by atoms with Gasteiger partial charge in [-0.25, -0.2) is 0 Å². The molecule has 0 heterocycles. The van der Waals surface area contributed by atoms with Crippen LogP contribution in [-0.4, -0.2) is 30.0 Å². The number of carbonyl (C=O) groups is 2. The molecule has 0 saturated carbocycles. The molecule has 2 aromatic rings. The standard InChI is InChI=1S/C15H15NO2S/c1-10(17)11-4-5-13-9-14(7-6-12(13)8-11)19-15(18)16(2)3/h4-9H,1-3H3. The number of ketones is 1. The number of rotatable bonds is 2. The van der Waals surface area contributed by atoms with Crippen molar-refractivity contribution in [3.05, 3.63) is 42.0 Å². The topological polar surface area (TPSA) is 37.4 Å². The van der Waals surface area contributed by atoms with E-state index in [4.69, 9.17) is 0 Å². The van der Waals surface area contributed by atoms with Crippen molar-refractivity contribution in [1.29, 1.82) is 0 Å². The zero-order chi connectivity index (χ0) is 14.0. The number of nitrogens with zero attached hydrogens (tertiary/aromatic N) is 1. The molecule has 0 N–H and O–H groups in total. The molecule has 4 heteroatoms. The Bertz CT molecular complexity index is 650. The van der Waals surface area contributed by atoms with Crippen LogP contribution in [-0.2, 0) is 0 Å². The number of fused-ring (bicyclic) bond motifs is 1. The average molecular weight is 273 g/mol. The Hall–Kier alpha value is -1.81. The van der Waals surface area contributed by atoms with E-state index in [2.05, 4.69) is 0 Å². The van der Waals surface area contributed by atoms with Gasteiger partial charge in [-0.2, -0.15) is 0 Å². The lowest BCUT2D eigenvalue weighted by Gasteiger charge is -2.09.